The van der Waals surface area contributed by atoms with Crippen LogP contribution >= 0.6 is 0 Å². The zero-order valence-corrected chi connectivity index (χ0v) is 22.3. The molecule has 2 aromatic rings. The quantitative estimate of drug-likeness (QED) is 0.333. The van der Waals surface area contributed by atoms with Crippen LogP contribution in [0.1, 0.15) is 53.8 Å². The first kappa shape index (κ1) is 27.7. The molecule has 9 heteroatoms. The maximum Gasteiger partial charge on any atom is 0.297 e. The van der Waals surface area contributed by atoms with Gasteiger partial charge in [0.05, 0.1) is 24.7 Å². The highest BCUT2D eigenvalue weighted by Crippen LogP contribution is 2.37. The fraction of sp³-hybridized carbons (Fsp3) is 0.444. The van der Waals surface area contributed by atoms with E-state index in [0.29, 0.717) is 24.3 Å². The largest absolute Gasteiger partial charge is 0.493 e. The number of nitrogens with zero attached hydrogens (tertiary/aromatic N) is 1. The van der Waals surface area contributed by atoms with Crippen LogP contribution < -0.4 is 14.8 Å². The molecule has 0 bridgehead atoms. The van der Waals surface area contributed by atoms with Gasteiger partial charge in [0.1, 0.15) is 6.10 Å². The SMILES string of the molecule is C=CCN1CCCC1CNC(=O)c1cc(C(CC)OS(=O)(=O)c2cccc(C)c2)cc(OC)c1OC. The molecule has 2 unspecified atom stereocenters. The molecule has 3 rings (SSSR count). The van der Waals surface area contributed by atoms with Crippen molar-refractivity contribution >= 4 is 16.0 Å². The minimum absolute atomic E-state index is 0.0834. The normalized spacial score (nSPS) is 16.9. The van der Waals surface area contributed by atoms with E-state index in [1.54, 1.807) is 24.3 Å². The molecule has 1 amide bonds. The standard InChI is InChI=1S/C27H36N2O6S/c1-6-13-29-14-9-11-21(29)18-28-27(30)23-16-20(17-25(33-4)26(23)34-5)24(7-2)35-36(31,32)22-12-8-10-19(3)15-22/h6,8,10,12,15-17,21,24H,1,7,9,11,13-14,18H2,2-5H3,(H,28,30). The third-order valence-electron chi connectivity index (χ3n) is 6.37. The minimum Gasteiger partial charge on any atom is -0.493 e. The van der Waals surface area contributed by atoms with E-state index in [2.05, 4.69) is 16.8 Å². The predicted octanol–water partition coefficient (Wildman–Crippen LogP) is 4.25. The van der Waals surface area contributed by atoms with Gasteiger partial charge in [-0.15, -0.1) is 6.58 Å². The van der Waals surface area contributed by atoms with Crippen molar-refractivity contribution in [2.45, 2.75) is 50.2 Å². The van der Waals surface area contributed by atoms with Crippen molar-refractivity contribution in [2.75, 3.05) is 33.9 Å². The molecule has 0 spiro atoms. The number of likely N-dealkylation sites (tertiary alicyclic amines) is 1. The smallest absolute Gasteiger partial charge is 0.297 e. The van der Waals surface area contributed by atoms with Crippen LogP contribution in [0, 0.1) is 6.92 Å². The van der Waals surface area contributed by atoms with E-state index >= 15 is 0 Å². The number of carbonyl (C=O) groups excluding carboxylic acids is 1. The monoisotopic (exact) mass is 516 g/mol. The van der Waals surface area contributed by atoms with Crippen LogP contribution in [-0.2, 0) is 14.3 Å². The molecule has 1 fully saturated rings. The number of methoxy groups -OCH3 is 2. The van der Waals surface area contributed by atoms with Crippen LogP contribution in [0.25, 0.3) is 0 Å². The Kier molecular flexibility index (Phi) is 9.53. The molecule has 196 valence electrons. The number of carbonyl (C=O) groups is 1. The highest BCUT2D eigenvalue weighted by Gasteiger charge is 2.28. The highest BCUT2D eigenvalue weighted by atomic mass is 32.2. The van der Waals surface area contributed by atoms with Gasteiger partial charge in [-0.1, -0.05) is 25.1 Å². The average Bonchev–Trinajstić information content (AvgIpc) is 3.32. The lowest BCUT2D eigenvalue weighted by Gasteiger charge is -2.24. The van der Waals surface area contributed by atoms with Gasteiger partial charge in [-0.3, -0.25) is 13.9 Å². The van der Waals surface area contributed by atoms with E-state index in [4.69, 9.17) is 13.7 Å². The van der Waals surface area contributed by atoms with Gasteiger partial charge in [0, 0.05) is 19.1 Å². The Balaban J connectivity index is 1.88. The van der Waals surface area contributed by atoms with Gasteiger partial charge in [0.2, 0.25) is 0 Å². The summed E-state index contributed by atoms with van der Waals surface area (Å²) in [4.78, 5) is 15.7. The Morgan fingerprint density at radius 3 is 2.67 bits per heavy atom. The van der Waals surface area contributed by atoms with Crippen molar-refractivity contribution in [1.29, 1.82) is 0 Å². The minimum atomic E-state index is -4.03. The van der Waals surface area contributed by atoms with E-state index in [9.17, 15) is 13.2 Å². The third-order valence-corrected chi connectivity index (χ3v) is 7.69. The number of aryl methyl sites for hydroxylation is 1. The van der Waals surface area contributed by atoms with Crippen LogP contribution in [0.5, 0.6) is 11.5 Å². The Hall–Kier alpha value is -2.88. The van der Waals surface area contributed by atoms with Crippen LogP contribution in [0.3, 0.4) is 0 Å². The Morgan fingerprint density at radius 2 is 2.03 bits per heavy atom. The fourth-order valence-corrected chi connectivity index (χ4v) is 5.76. The summed E-state index contributed by atoms with van der Waals surface area (Å²) >= 11 is 0. The molecule has 1 saturated heterocycles. The molecule has 1 aliphatic heterocycles. The van der Waals surface area contributed by atoms with Gasteiger partial charge >= 0.3 is 0 Å². The number of hydrogen-bond acceptors (Lipinski definition) is 7. The first-order valence-electron chi connectivity index (χ1n) is 12.1. The van der Waals surface area contributed by atoms with Crippen LogP contribution in [0.2, 0.25) is 0 Å². The molecular weight excluding hydrogens is 480 g/mol. The van der Waals surface area contributed by atoms with Crippen LogP contribution in [-0.4, -0.2) is 59.1 Å². The second-order valence-electron chi connectivity index (χ2n) is 8.86. The fourth-order valence-electron chi connectivity index (χ4n) is 4.52. The molecule has 1 aliphatic rings. The summed E-state index contributed by atoms with van der Waals surface area (Å²) in [5, 5.41) is 3.01. The summed E-state index contributed by atoms with van der Waals surface area (Å²) in [7, 11) is -1.09. The molecule has 0 radical (unpaired) electrons. The van der Waals surface area contributed by atoms with Gasteiger partial charge < -0.3 is 14.8 Å². The van der Waals surface area contributed by atoms with Crippen molar-refractivity contribution in [3.05, 3.63) is 65.7 Å². The summed E-state index contributed by atoms with van der Waals surface area (Å²) in [5.41, 5.74) is 1.58. The zero-order chi connectivity index (χ0) is 26.3. The maximum absolute atomic E-state index is 13.3. The Morgan fingerprint density at radius 1 is 1.25 bits per heavy atom. The molecular formula is C27H36N2O6S. The van der Waals surface area contributed by atoms with Crippen molar-refractivity contribution in [2.24, 2.45) is 0 Å². The molecule has 2 atom stereocenters. The maximum atomic E-state index is 13.3. The van der Waals surface area contributed by atoms with E-state index in [-0.39, 0.29) is 28.2 Å². The molecule has 0 saturated carbocycles. The Labute approximate surface area is 214 Å². The third kappa shape index (κ3) is 6.46. The number of amides is 1. The molecule has 36 heavy (non-hydrogen) atoms. The summed E-state index contributed by atoms with van der Waals surface area (Å²) in [6.45, 7) is 9.69. The predicted molar refractivity (Wildman–Crippen MR) is 139 cm³/mol. The topological polar surface area (TPSA) is 94.2 Å². The average molecular weight is 517 g/mol. The van der Waals surface area contributed by atoms with Crippen molar-refractivity contribution in [3.8, 4) is 11.5 Å². The zero-order valence-electron chi connectivity index (χ0n) is 21.5. The summed E-state index contributed by atoms with van der Waals surface area (Å²) in [6, 6.07) is 10.1. The number of hydrogen-bond donors (Lipinski definition) is 1. The molecule has 0 aromatic heterocycles. The van der Waals surface area contributed by atoms with Gasteiger partial charge in [-0.05, 0) is 68.1 Å². The number of rotatable bonds is 12. The second-order valence-corrected chi connectivity index (χ2v) is 10.4. The van der Waals surface area contributed by atoms with Gasteiger partial charge in [0.15, 0.2) is 11.5 Å². The molecule has 2 aromatic carbocycles. The molecule has 0 aliphatic carbocycles. The van der Waals surface area contributed by atoms with Crippen LogP contribution in [0.15, 0.2) is 53.9 Å². The van der Waals surface area contributed by atoms with E-state index in [1.165, 1.54) is 20.3 Å². The molecule has 8 nitrogen and oxygen atoms in total. The Bertz CT molecular complexity index is 1180. The molecule has 1 N–H and O–H groups in total. The van der Waals surface area contributed by atoms with Crippen molar-refractivity contribution in [1.82, 2.24) is 10.2 Å². The molecule has 1 heterocycles. The lowest BCUT2D eigenvalue weighted by molar-refractivity contribution is 0.0938. The van der Waals surface area contributed by atoms with Gasteiger partial charge in [0.25, 0.3) is 16.0 Å². The first-order chi connectivity index (χ1) is 17.2. The highest BCUT2D eigenvalue weighted by molar-refractivity contribution is 7.86. The van der Waals surface area contributed by atoms with Crippen molar-refractivity contribution in [3.63, 3.8) is 0 Å². The summed E-state index contributed by atoms with van der Waals surface area (Å²) < 4.78 is 42.6. The number of nitrogens with one attached hydrogen (secondary N) is 1. The lowest BCUT2D eigenvalue weighted by Crippen LogP contribution is -2.40. The summed E-state index contributed by atoms with van der Waals surface area (Å²) in [6.07, 6.45) is 3.48. The van der Waals surface area contributed by atoms with E-state index in [0.717, 1.165) is 31.5 Å². The summed E-state index contributed by atoms with van der Waals surface area (Å²) in [5.74, 6) is 0.280. The van der Waals surface area contributed by atoms with E-state index < -0.39 is 16.2 Å². The lowest BCUT2D eigenvalue weighted by atomic mass is 10.0. The number of benzene rings is 2. The van der Waals surface area contributed by atoms with Gasteiger partial charge in [-0.25, -0.2) is 0 Å². The number of ether oxygens (including phenoxy) is 2. The van der Waals surface area contributed by atoms with Gasteiger partial charge in [-0.2, -0.15) is 8.42 Å². The van der Waals surface area contributed by atoms with Crippen LogP contribution in [0.4, 0.5) is 0 Å². The second kappa shape index (κ2) is 12.4. The van der Waals surface area contributed by atoms with Crippen molar-refractivity contribution < 1.29 is 26.9 Å². The van der Waals surface area contributed by atoms with E-state index in [1.807, 2.05) is 26.0 Å². The first-order valence-corrected chi connectivity index (χ1v) is 13.5.